The van der Waals surface area contributed by atoms with Crippen LogP contribution in [0.2, 0.25) is 0 Å². The molecule has 0 aromatic heterocycles. The smallest absolute Gasteiger partial charge is 0.0860 e. The summed E-state index contributed by atoms with van der Waals surface area (Å²) >= 11 is 1.98. The number of hydrogen-bond acceptors (Lipinski definition) is 3. The Kier molecular flexibility index (Phi) is 4.48. The molecule has 1 heterocycles. The molecule has 0 saturated carbocycles. The number of ether oxygens (including phenoxy) is 1. The van der Waals surface area contributed by atoms with Gasteiger partial charge in [-0.2, -0.15) is 11.8 Å². The Morgan fingerprint density at radius 3 is 2.76 bits per heavy atom. The standard InChI is InChI=1S/C14H21NOS/c1-10-4-5-12(8-11(10)2)14(15-3)13-9-17-7-6-16-13/h4-5,8,13-15H,6-7,9H2,1-3H3. The summed E-state index contributed by atoms with van der Waals surface area (Å²) in [6.07, 6.45) is 0.292. The summed E-state index contributed by atoms with van der Waals surface area (Å²) < 4.78 is 5.87. The second-order valence-electron chi connectivity index (χ2n) is 4.59. The zero-order valence-electron chi connectivity index (χ0n) is 10.8. The summed E-state index contributed by atoms with van der Waals surface area (Å²) in [6, 6.07) is 7.00. The number of benzene rings is 1. The van der Waals surface area contributed by atoms with Gasteiger partial charge in [-0.3, -0.25) is 0 Å². The van der Waals surface area contributed by atoms with Crippen LogP contribution in [0.4, 0.5) is 0 Å². The molecule has 0 radical (unpaired) electrons. The Hall–Kier alpha value is -0.510. The molecular formula is C14H21NOS. The fourth-order valence-corrected chi connectivity index (χ4v) is 3.13. The zero-order chi connectivity index (χ0) is 12.3. The molecule has 1 fully saturated rings. The summed E-state index contributed by atoms with van der Waals surface area (Å²) in [4.78, 5) is 0. The minimum absolute atomic E-state index is 0.292. The second kappa shape index (κ2) is 5.89. The van der Waals surface area contributed by atoms with Crippen LogP contribution in [0.5, 0.6) is 0 Å². The van der Waals surface area contributed by atoms with E-state index in [1.54, 1.807) is 0 Å². The lowest BCUT2D eigenvalue weighted by Crippen LogP contribution is -2.36. The molecule has 0 bridgehead atoms. The molecule has 0 spiro atoms. The van der Waals surface area contributed by atoms with Crippen molar-refractivity contribution in [1.29, 1.82) is 0 Å². The number of aryl methyl sites for hydroxylation is 2. The van der Waals surface area contributed by atoms with Gasteiger partial charge >= 0.3 is 0 Å². The molecule has 17 heavy (non-hydrogen) atoms. The van der Waals surface area contributed by atoms with E-state index in [0.29, 0.717) is 12.1 Å². The van der Waals surface area contributed by atoms with Gasteiger partial charge < -0.3 is 10.1 Å². The van der Waals surface area contributed by atoms with Gasteiger partial charge in [0.05, 0.1) is 18.8 Å². The monoisotopic (exact) mass is 251 g/mol. The van der Waals surface area contributed by atoms with E-state index in [1.807, 2.05) is 18.8 Å². The van der Waals surface area contributed by atoms with Crippen molar-refractivity contribution < 1.29 is 4.74 Å². The molecule has 1 aromatic rings. The molecule has 1 N–H and O–H groups in total. The first-order valence-corrected chi connectivity index (χ1v) is 7.31. The van der Waals surface area contributed by atoms with Gasteiger partial charge in [0.2, 0.25) is 0 Å². The van der Waals surface area contributed by atoms with Crippen molar-refractivity contribution >= 4 is 11.8 Å². The Bertz CT molecular complexity index is 374. The molecule has 1 aromatic carbocycles. The van der Waals surface area contributed by atoms with Crippen LogP contribution in [0.1, 0.15) is 22.7 Å². The SMILES string of the molecule is CNC(c1ccc(C)c(C)c1)C1CSCCO1. The Morgan fingerprint density at radius 2 is 2.18 bits per heavy atom. The quantitative estimate of drug-likeness (QED) is 0.892. The maximum atomic E-state index is 5.87. The van der Waals surface area contributed by atoms with Gasteiger partial charge in [0.15, 0.2) is 0 Å². The molecule has 1 aliphatic heterocycles. The van der Waals surface area contributed by atoms with E-state index in [1.165, 1.54) is 16.7 Å². The van der Waals surface area contributed by atoms with Gasteiger partial charge in [-0.15, -0.1) is 0 Å². The Morgan fingerprint density at radius 1 is 1.35 bits per heavy atom. The van der Waals surface area contributed by atoms with E-state index < -0.39 is 0 Å². The third-order valence-electron chi connectivity index (χ3n) is 3.41. The molecular weight excluding hydrogens is 230 g/mol. The first-order chi connectivity index (χ1) is 8.22. The minimum atomic E-state index is 0.292. The van der Waals surface area contributed by atoms with Gasteiger partial charge in [0.25, 0.3) is 0 Å². The lowest BCUT2D eigenvalue weighted by atomic mass is 9.98. The fraction of sp³-hybridized carbons (Fsp3) is 0.571. The van der Waals surface area contributed by atoms with E-state index >= 15 is 0 Å². The Labute approximate surface area is 108 Å². The first kappa shape index (κ1) is 12.9. The van der Waals surface area contributed by atoms with Crippen molar-refractivity contribution in [1.82, 2.24) is 5.32 Å². The number of thioether (sulfide) groups is 1. The van der Waals surface area contributed by atoms with Crippen LogP contribution in [0.25, 0.3) is 0 Å². The van der Waals surface area contributed by atoms with E-state index in [4.69, 9.17) is 4.74 Å². The van der Waals surface area contributed by atoms with Crippen LogP contribution >= 0.6 is 11.8 Å². The molecule has 2 atom stereocenters. The lowest BCUT2D eigenvalue weighted by molar-refractivity contribution is 0.0488. The van der Waals surface area contributed by atoms with Crippen LogP contribution in [0.15, 0.2) is 18.2 Å². The third kappa shape index (κ3) is 3.03. The van der Waals surface area contributed by atoms with Crippen LogP contribution in [0.3, 0.4) is 0 Å². The number of hydrogen-bond donors (Lipinski definition) is 1. The maximum Gasteiger partial charge on any atom is 0.0860 e. The average molecular weight is 251 g/mol. The molecule has 1 saturated heterocycles. The van der Waals surface area contributed by atoms with Crippen LogP contribution in [0, 0.1) is 13.8 Å². The molecule has 94 valence electrons. The van der Waals surface area contributed by atoms with E-state index in [0.717, 1.165) is 18.1 Å². The van der Waals surface area contributed by atoms with Crippen molar-refractivity contribution in [2.24, 2.45) is 0 Å². The highest BCUT2D eigenvalue weighted by Crippen LogP contribution is 2.26. The molecule has 0 amide bonds. The first-order valence-electron chi connectivity index (χ1n) is 6.16. The Balaban J connectivity index is 2.18. The van der Waals surface area contributed by atoms with Crippen molar-refractivity contribution in [2.75, 3.05) is 25.2 Å². The predicted octanol–water partition coefficient (Wildman–Crippen LogP) is 2.70. The average Bonchev–Trinajstić information content (AvgIpc) is 2.36. The highest BCUT2D eigenvalue weighted by atomic mass is 32.2. The number of rotatable bonds is 3. The topological polar surface area (TPSA) is 21.3 Å². The minimum Gasteiger partial charge on any atom is -0.375 e. The van der Waals surface area contributed by atoms with Crippen molar-refractivity contribution in [3.8, 4) is 0 Å². The van der Waals surface area contributed by atoms with Crippen molar-refractivity contribution in [3.05, 3.63) is 34.9 Å². The lowest BCUT2D eigenvalue weighted by Gasteiger charge is -2.30. The highest BCUT2D eigenvalue weighted by molar-refractivity contribution is 7.99. The summed E-state index contributed by atoms with van der Waals surface area (Å²) in [5.74, 6) is 2.21. The summed E-state index contributed by atoms with van der Waals surface area (Å²) in [6.45, 7) is 5.20. The molecule has 3 heteroatoms. The third-order valence-corrected chi connectivity index (χ3v) is 4.43. The van der Waals surface area contributed by atoms with Crippen molar-refractivity contribution in [2.45, 2.75) is 26.0 Å². The number of likely N-dealkylation sites (N-methyl/N-ethyl adjacent to an activating group) is 1. The number of nitrogens with one attached hydrogen (secondary N) is 1. The van der Waals surface area contributed by atoms with E-state index in [2.05, 4.69) is 37.4 Å². The van der Waals surface area contributed by atoms with Gasteiger partial charge in [-0.05, 0) is 37.6 Å². The van der Waals surface area contributed by atoms with Crippen molar-refractivity contribution in [3.63, 3.8) is 0 Å². The van der Waals surface area contributed by atoms with Gasteiger partial charge in [-0.1, -0.05) is 18.2 Å². The highest BCUT2D eigenvalue weighted by Gasteiger charge is 2.25. The molecule has 2 nitrogen and oxygen atoms in total. The van der Waals surface area contributed by atoms with Crippen LogP contribution < -0.4 is 5.32 Å². The predicted molar refractivity (Wildman–Crippen MR) is 74.8 cm³/mol. The van der Waals surface area contributed by atoms with Crippen LogP contribution in [-0.2, 0) is 4.74 Å². The zero-order valence-corrected chi connectivity index (χ0v) is 11.6. The van der Waals surface area contributed by atoms with E-state index in [9.17, 15) is 0 Å². The van der Waals surface area contributed by atoms with Gasteiger partial charge in [0.1, 0.15) is 0 Å². The summed E-state index contributed by atoms with van der Waals surface area (Å²) in [5.41, 5.74) is 4.04. The van der Waals surface area contributed by atoms with Gasteiger partial charge in [0, 0.05) is 11.5 Å². The maximum absolute atomic E-state index is 5.87. The molecule has 1 aliphatic rings. The molecule has 2 unspecified atom stereocenters. The van der Waals surface area contributed by atoms with Gasteiger partial charge in [-0.25, -0.2) is 0 Å². The fourth-order valence-electron chi connectivity index (χ4n) is 2.22. The summed E-state index contributed by atoms with van der Waals surface area (Å²) in [7, 11) is 2.02. The van der Waals surface area contributed by atoms with E-state index in [-0.39, 0.29) is 0 Å². The molecule has 0 aliphatic carbocycles. The largest absolute Gasteiger partial charge is 0.375 e. The summed E-state index contributed by atoms with van der Waals surface area (Å²) in [5, 5.41) is 3.40. The molecule has 2 rings (SSSR count). The normalized spacial score (nSPS) is 22.4. The second-order valence-corrected chi connectivity index (χ2v) is 5.74. The van der Waals surface area contributed by atoms with Crippen LogP contribution in [-0.4, -0.2) is 31.3 Å².